The van der Waals surface area contributed by atoms with Gasteiger partial charge in [0.05, 0.1) is 0 Å². The molecule has 23 heavy (non-hydrogen) atoms. The van der Waals surface area contributed by atoms with Gasteiger partial charge in [0.2, 0.25) is 11.8 Å². The van der Waals surface area contributed by atoms with E-state index < -0.39 is 6.04 Å². The Balaban J connectivity index is 1.68. The summed E-state index contributed by atoms with van der Waals surface area (Å²) in [7, 11) is 0. The molecule has 1 aliphatic rings. The molecule has 3 rings (SSSR count). The summed E-state index contributed by atoms with van der Waals surface area (Å²) in [5, 5.41) is 5.01. The third kappa shape index (κ3) is 3.29. The number of benzene rings is 1. The average molecular weight is 328 g/mol. The van der Waals surface area contributed by atoms with Crippen LogP contribution in [0.2, 0.25) is 0 Å². The number of thiophene rings is 1. The van der Waals surface area contributed by atoms with E-state index in [0.717, 1.165) is 17.7 Å². The highest BCUT2D eigenvalue weighted by molar-refractivity contribution is 7.09. The number of para-hydroxylation sites is 1. The van der Waals surface area contributed by atoms with Gasteiger partial charge in [-0.1, -0.05) is 31.2 Å². The molecule has 5 heteroatoms. The van der Waals surface area contributed by atoms with Crippen molar-refractivity contribution < 1.29 is 9.59 Å². The first-order valence-corrected chi connectivity index (χ1v) is 8.78. The van der Waals surface area contributed by atoms with Crippen LogP contribution in [0.4, 0.5) is 5.69 Å². The third-order valence-corrected chi connectivity index (χ3v) is 5.04. The summed E-state index contributed by atoms with van der Waals surface area (Å²) in [5.74, 6) is -0.0760. The van der Waals surface area contributed by atoms with Crippen LogP contribution in [-0.4, -0.2) is 24.4 Å². The molecule has 0 spiro atoms. The second-order valence-corrected chi connectivity index (χ2v) is 6.62. The summed E-state index contributed by atoms with van der Waals surface area (Å²) in [6.07, 6.45) is 1.81. The first-order valence-electron chi connectivity index (χ1n) is 7.90. The third-order valence-electron chi connectivity index (χ3n) is 4.10. The van der Waals surface area contributed by atoms with Crippen molar-refractivity contribution in [1.82, 2.24) is 5.32 Å². The van der Waals surface area contributed by atoms with Gasteiger partial charge >= 0.3 is 0 Å². The van der Waals surface area contributed by atoms with E-state index in [1.165, 1.54) is 4.88 Å². The molecule has 4 nitrogen and oxygen atoms in total. The van der Waals surface area contributed by atoms with Crippen molar-refractivity contribution in [3.8, 4) is 0 Å². The number of carbonyl (C=O) groups excluding carboxylic acids is 2. The lowest BCUT2D eigenvalue weighted by molar-refractivity contribution is -0.126. The van der Waals surface area contributed by atoms with E-state index in [-0.39, 0.29) is 11.8 Å². The van der Waals surface area contributed by atoms with Crippen LogP contribution in [0.25, 0.3) is 0 Å². The summed E-state index contributed by atoms with van der Waals surface area (Å²) < 4.78 is 0. The average Bonchev–Trinajstić information content (AvgIpc) is 3.21. The molecule has 1 atom stereocenters. The van der Waals surface area contributed by atoms with E-state index in [9.17, 15) is 9.59 Å². The van der Waals surface area contributed by atoms with E-state index in [2.05, 4.69) is 11.4 Å². The number of amides is 2. The van der Waals surface area contributed by atoms with Crippen molar-refractivity contribution >= 4 is 28.8 Å². The summed E-state index contributed by atoms with van der Waals surface area (Å²) in [6.45, 7) is 2.43. The first-order chi connectivity index (χ1) is 11.2. The van der Waals surface area contributed by atoms with Crippen LogP contribution in [0.3, 0.4) is 0 Å². The van der Waals surface area contributed by atoms with Crippen LogP contribution in [0, 0.1) is 0 Å². The minimum Gasteiger partial charge on any atom is -0.354 e. The molecule has 120 valence electrons. The second-order valence-electron chi connectivity index (χ2n) is 5.59. The van der Waals surface area contributed by atoms with Crippen LogP contribution >= 0.6 is 11.3 Å². The number of hydrogen-bond acceptors (Lipinski definition) is 3. The molecule has 2 amide bonds. The van der Waals surface area contributed by atoms with E-state index in [0.29, 0.717) is 19.4 Å². The van der Waals surface area contributed by atoms with Crippen molar-refractivity contribution in [2.45, 2.75) is 32.2 Å². The molecule has 1 aromatic carbocycles. The summed E-state index contributed by atoms with van der Waals surface area (Å²) >= 11 is 1.69. The normalized spacial score (nSPS) is 16.2. The molecule has 0 saturated carbocycles. The zero-order chi connectivity index (χ0) is 16.2. The molecule has 2 aromatic rings. The number of hydrogen-bond donors (Lipinski definition) is 1. The fraction of sp³-hybridized carbons (Fsp3) is 0.333. The summed E-state index contributed by atoms with van der Waals surface area (Å²) in [4.78, 5) is 27.8. The maximum atomic E-state index is 12.6. The Kier molecular flexibility index (Phi) is 4.76. The van der Waals surface area contributed by atoms with Crippen molar-refractivity contribution in [2.75, 3.05) is 11.4 Å². The van der Waals surface area contributed by atoms with Gasteiger partial charge in [0.1, 0.15) is 6.04 Å². The maximum Gasteiger partial charge on any atom is 0.243 e. The van der Waals surface area contributed by atoms with Crippen LogP contribution in [0.5, 0.6) is 0 Å². The highest BCUT2D eigenvalue weighted by Gasteiger charge is 2.37. The van der Waals surface area contributed by atoms with Crippen molar-refractivity contribution in [3.05, 3.63) is 52.2 Å². The van der Waals surface area contributed by atoms with Gasteiger partial charge in [-0.2, -0.15) is 0 Å². The monoisotopic (exact) mass is 328 g/mol. The minimum atomic E-state index is -0.428. The Bertz CT molecular complexity index is 697. The largest absolute Gasteiger partial charge is 0.354 e. The van der Waals surface area contributed by atoms with Gasteiger partial charge in [0, 0.05) is 30.0 Å². The number of anilines is 1. The van der Waals surface area contributed by atoms with Gasteiger partial charge in [0.15, 0.2) is 0 Å². The predicted molar refractivity (Wildman–Crippen MR) is 92.7 cm³/mol. The quantitative estimate of drug-likeness (QED) is 0.917. The fourth-order valence-electron chi connectivity index (χ4n) is 2.96. The van der Waals surface area contributed by atoms with E-state index in [4.69, 9.17) is 0 Å². The zero-order valence-electron chi connectivity index (χ0n) is 13.1. The van der Waals surface area contributed by atoms with Crippen molar-refractivity contribution in [3.63, 3.8) is 0 Å². The van der Waals surface area contributed by atoms with E-state index in [1.807, 2.05) is 42.6 Å². The van der Waals surface area contributed by atoms with Gasteiger partial charge in [-0.15, -0.1) is 11.3 Å². The number of nitrogens with zero attached hydrogens (tertiary/aromatic N) is 1. The van der Waals surface area contributed by atoms with Gasteiger partial charge in [-0.05, 0) is 29.5 Å². The zero-order valence-corrected chi connectivity index (χ0v) is 13.9. The molecule has 2 heterocycles. The molecule has 1 N–H and O–H groups in total. The van der Waals surface area contributed by atoms with E-state index in [1.54, 1.807) is 16.2 Å². The standard InChI is InChI=1S/C18H20N2O2S/c1-2-17(21)20-15-8-4-3-6-13(15)12-16(20)18(22)19-10-9-14-7-5-11-23-14/h3-8,11,16H,2,9-10,12H2,1H3,(H,19,22)/t16-/m0/s1. The van der Waals surface area contributed by atoms with Gasteiger partial charge in [-0.25, -0.2) is 0 Å². The van der Waals surface area contributed by atoms with Crippen LogP contribution in [-0.2, 0) is 22.4 Å². The summed E-state index contributed by atoms with van der Waals surface area (Å²) in [5.41, 5.74) is 1.94. The van der Waals surface area contributed by atoms with Crippen LogP contribution in [0.15, 0.2) is 41.8 Å². The topological polar surface area (TPSA) is 49.4 Å². The first kappa shape index (κ1) is 15.7. The van der Waals surface area contributed by atoms with Crippen molar-refractivity contribution in [2.24, 2.45) is 0 Å². The van der Waals surface area contributed by atoms with E-state index >= 15 is 0 Å². The molecular weight excluding hydrogens is 308 g/mol. The molecule has 0 saturated heterocycles. The Morgan fingerprint density at radius 3 is 2.83 bits per heavy atom. The number of fused-ring (bicyclic) bond motifs is 1. The lowest BCUT2D eigenvalue weighted by Crippen LogP contribution is -2.48. The Morgan fingerprint density at radius 1 is 1.26 bits per heavy atom. The molecule has 0 fully saturated rings. The fourth-order valence-corrected chi connectivity index (χ4v) is 3.66. The molecule has 0 bridgehead atoms. The minimum absolute atomic E-state index is 0.00615. The second kappa shape index (κ2) is 6.96. The lowest BCUT2D eigenvalue weighted by atomic mass is 10.1. The molecule has 0 aliphatic carbocycles. The summed E-state index contributed by atoms with van der Waals surface area (Å²) in [6, 6.07) is 11.4. The maximum absolute atomic E-state index is 12.6. The molecule has 1 aliphatic heterocycles. The highest BCUT2D eigenvalue weighted by atomic mass is 32.1. The smallest absolute Gasteiger partial charge is 0.243 e. The molecule has 0 radical (unpaired) electrons. The van der Waals surface area contributed by atoms with Crippen LogP contribution < -0.4 is 10.2 Å². The van der Waals surface area contributed by atoms with Crippen molar-refractivity contribution in [1.29, 1.82) is 0 Å². The Labute approximate surface area is 140 Å². The SMILES string of the molecule is CCC(=O)N1c2ccccc2C[C@H]1C(=O)NCCc1cccs1. The number of rotatable bonds is 5. The lowest BCUT2D eigenvalue weighted by Gasteiger charge is -2.24. The number of carbonyl (C=O) groups is 2. The van der Waals surface area contributed by atoms with Crippen LogP contribution in [0.1, 0.15) is 23.8 Å². The predicted octanol–water partition coefficient (Wildman–Crippen LogP) is 2.77. The molecule has 1 aromatic heterocycles. The Hall–Kier alpha value is -2.14. The highest BCUT2D eigenvalue weighted by Crippen LogP contribution is 2.32. The number of nitrogens with one attached hydrogen (secondary N) is 1. The van der Waals surface area contributed by atoms with Gasteiger partial charge in [0.25, 0.3) is 0 Å². The van der Waals surface area contributed by atoms with Gasteiger partial charge in [-0.3, -0.25) is 14.5 Å². The Morgan fingerprint density at radius 2 is 2.09 bits per heavy atom. The van der Waals surface area contributed by atoms with Gasteiger partial charge < -0.3 is 5.32 Å². The molecular formula is C18H20N2O2S. The molecule has 0 unspecified atom stereocenters.